The van der Waals surface area contributed by atoms with E-state index >= 15 is 0 Å². The molecule has 0 aliphatic carbocycles. The number of nitrogens with two attached hydrogens (primary N) is 1. The molecule has 21 heavy (non-hydrogen) atoms. The van der Waals surface area contributed by atoms with Crippen LogP contribution >= 0.6 is 0 Å². The number of amides is 1. The molecule has 2 heterocycles. The summed E-state index contributed by atoms with van der Waals surface area (Å²) in [7, 11) is 0. The number of hydrazine groups is 1. The van der Waals surface area contributed by atoms with Gasteiger partial charge in [0, 0.05) is 0 Å². The van der Waals surface area contributed by atoms with Crippen LogP contribution in [0.4, 0.5) is 11.4 Å². The molecule has 4 N–H and O–H groups in total. The fourth-order valence-corrected chi connectivity index (χ4v) is 3.08. The van der Waals surface area contributed by atoms with Gasteiger partial charge in [-0.2, -0.15) is 0 Å². The maximum Gasteiger partial charge on any atom is 0.306 e. The Morgan fingerprint density at radius 3 is 2.81 bits per heavy atom. The van der Waals surface area contributed by atoms with Gasteiger partial charge in [0.2, 0.25) is 0 Å². The molecule has 2 bridgehead atoms. The number of benzene rings is 1. The lowest BCUT2D eigenvalue weighted by Crippen LogP contribution is -2.41. The first kappa shape index (κ1) is 13.8. The van der Waals surface area contributed by atoms with E-state index in [1.807, 2.05) is 0 Å². The van der Waals surface area contributed by atoms with Crippen LogP contribution in [0.2, 0.25) is 0 Å². The molecule has 2 fully saturated rings. The number of para-hydroxylation sites is 1. The standard InChI is InChI=1S/C13H16N4O4/c14-16-9-3-1-2-8(12(9)17(19)20)13(18)15-10-6-7-4-5-11(10)21-7/h1-3,7,10-11,16H,4-6,14H2,(H,15,18). The lowest BCUT2D eigenvalue weighted by molar-refractivity contribution is -0.384. The molecule has 0 radical (unpaired) electrons. The highest BCUT2D eigenvalue weighted by atomic mass is 16.6. The quantitative estimate of drug-likeness (QED) is 0.431. The highest BCUT2D eigenvalue weighted by Crippen LogP contribution is 2.35. The summed E-state index contributed by atoms with van der Waals surface area (Å²) >= 11 is 0. The van der Waals surface area contributed by atoms with E-state index in [4.69, 9.17) is 10.6 Å². The molecule has 1 amide bonds. The Bertz CT molecular complexity index is 592. The van der Waals surface area contributed by atoms with Crippen molar-refractivity contribution >= 4 is 17.3 Å². The Kier molecular flexibility index (Phi) is 3.48. The fraction of sp³-hybridized carbons (Fsp3) is 0.462. The highest BCUT2D eigenvalue weighted by molar-refractivity contribution is 6.00. The number of carbonyl (C=O) groups excluding carboxylic acids is 1. The number of ether oxygens (including phenoxy) is 1. The lowest BCUT2D eigenvalue weighted by atomic mass is 9.95. The number of hydrogen-bond acceptors (Lipinski definition) is 6. The molecule has 3 atom stereocenters. The number of rotatable bonds is 4. The van der Waals surface area contributed by atoms with Gasteiger partial charge in [-0.25, -0.2) is 0 Å². The molecule has 2 aliphatic rings. The van der Waals surface area contributed by atoms with E-state index in [-0.39, 0.29) is 35.2 Å². The number of nitro groups is 1. The fourth-order valence-electron chi connectivity index (χ4n) is 3.08. The second kappa shape index (κ2) is 5.30. The summed E-state index contributed by atoms with van der Waals surface area (Å²) in [6.45, 7) is 0. The van der Waals surface area contributed by atoms with Crippen LogP contribution in [-0.4, -0.2) is 29.1 Å². The Hall–Kier alpha value is -2.19. The third-order valence-electron chi connectivity index (χ3n) is 4.04. The van der Waals surface area contributed by atoms with Crippen molar-refractivity contribution in [1.82, 2.24) is 5.32 Å². The van der Waals surface area contributed by atoms with Gasteiger partial charge in [-0.1, -0.05) is 6.07 Å². The van der Waals surface area contributed by atoms with E-state index in [1.54, 1.807) is 6.07 Å². The van der Waals surface area contributed by atoms with Gasteiger partial charge in [-0.05, 0) is 31.4 Å². The highest BCUT2D eigenvalue weighted by Gasteiger charge is 2.42. The second-order valence-corrected chi connectivity index (χ2v) is 5.29. The van der Waals surface area contributed by atoms with Crippen molar-refractivity contribution in [1.29, 1.82) is 0 Å². The van der Waals surface area contributed by atoms with Crippen molar-refractivity contribution in [3.63, 3.8) is 0 Å². The summed E-state index contributed by atoms with van der Waals surface area (Å²) in [6.07, 6.45) is 2.92. The molecule has 2 aliphatic heterocycles. The summed E-state index contributed by atoms with van der Waals surface area (Å²) in [4.78, 5) is 22.9. The largest absolute Gasteiger partial charge is 0.373 e. The number of anilines is 1. The number of carbonyl (C=O) groups is 1. The van der Waals surface area contributed by atoms with Crippen LogP contribution in [0.5, 0.6) is 0 Å². The lowest BCUT2D eigenvalue weighted by Gasteiger charge is -2.20. The maximum absolute atomic E-state index is 12.3. The van der Waals surface area contributed by atoms with Crippen molar-refractivity contribution in [3.8, 4) is 0 Å². The van der Waals surface area contributed by atoms with Crippen molar-refractivity contribution in [3.05, 3.63) is 33.9 Å². The van der Waals surface area contributed by atoms with Gasteiger partial charge in [0.15, 0.2) is 0 Å². The molecule has 3 unspecified atom stereocenters. The topological polar surface area (TPSA) is 120 Å². The van der Waals surface area contributed by atoms with Gasteiger partial charge in [0.25, 0.3) is 5.91 Å². The average molecular weight is 292 g/mol. The molecule has 0 aromatic heterocycles. The smallest absolute Gasteiger partial charge is 0.306 e. The van der Waals surface area contributed by atoms with Gasteiger partial charge in [-0.3, -0.25) is 20.8 Å². The summed E-state index contributed by atoms with van der Waals surface area (Å²) in [5.74, 6) is 4.79. The number of nitro benzene ring substituents is 1. The zero-order valence-electron chi connectivity index (χ0n) is 11.2. The van der Waals surface area contributed by atoms with Crippen LogP contribution in [0.15, 0.2) is 18.2 Å². The Morgan fingerprint density at radius 2 is 2.24 bits per heavy atom. The predicted molar refractivity (Wildman–Crippen MR) is 74.7 cm³/mol. The van der Waals surface area contributed by atoms with E-state index in [0.717, 1.165) is 19.3 Å². The third kappa shape index (κ3) is 2.43. The number of fused-ring (bicyclic) bond motifs is 2. The van der Waals surface area contributed by atoms with E-state index in [1.165, 1.54) is 12.1 Å². The Morgan fingerprint density at radius 1 is 1.43 bits per heavy atom. The molecule has 1 aromatic carbocycles. The molecular formula is C13H16N4O4. The van der Waals surface area contributed by atoms with Crippen LogP contribution in [0, 0.1) is 10.1 Å². The van der Waals surface area contributed by atoms with E-state index < -0.39 is 10.8 Å². The summed E-state index contributed by atoms with van der Waals surface area (Å²) in [5, 5.41) is 14.0. The molecule has 0 saturated carbocycles. The van der Waals surface area contributed by atoms with Crippen molar-refractivity contribution in [2.24, 2.45) is 5.84 Å². The number of nitrogens with one attached hydrogen (secondary N) is 2. The normalized spacial score (nSPS) is 26.6. The van der Waals surface area contributed by atoms with Gasteiger partial charge in [0.05, 0.1) is 23.2 Å². The van der Waals surface area contributed by atoms with Gasteiger partial charge >= 0.3 is 5.69 Å². The SMILES string of the molecule is NNc1cccc(C(=O)NC2CC3CCC2O3)c1[N+](=O)[O-]. The molecule has 1 aromatic rings. The molecule has 8 nitrogen and oxygen atoms in total. The Balaban J connectivity index is 1.83. The minimum Gasteiger partial charge on any atom is -0.373 e. The molecule has 112 valence electrons. The van der Waals surface area contributed by atoms with E-state index in [9.17, 15) is 14.9 Å². The summed E-state index contributed by atoms with van der Waals surface area (Å²) < 4.78 is 5.66. The number of nitrogens with zero attached hydrogens (tertiary/aromatic N) is 1. The van der Waals surface area contributed by atoms with Crippen LogP contribution in [0.3, 0.4) is 0 Å². The van der Waals surface area contributed by atoms with Crippen molar-refractivity contribution in [2.75, 3.05) is 5.43 Å². The first-order valence-corrected chi connectivity index (χ1v) is 6.80. The van der Waals surface area contributed by atoms with Crippen molar-refractivity contribution in [2.45, 2.75) is 37.5 Å². The minimum absolute atomic E-state index is 0.00164. The number of hydrogen-bond donors (Lipinski definition) is 3. The van der Waals surface area contributed by atoms with Crippen LogP contribution in [0.25, 0.3) is 0 Å². The monoisotopic (exact) mass is 292 g/mol. The Labute approximate surface area is 120 Å². The van der Waals surface area contributed by atoms with Crippen LogP contribution in [0.1, 0.15) is 29.6 Å². The third-order valence-corrected chi connectivity index (χ3v) is 4.04. The number of nitrogen functional groups attached to an aromatic ring is 1. The first-order chi connectivity index (χ1) is 10.1. The molecule has 3 rings (SSSR count). The predicted octanol–water partition coefficient (Wildman–Crippen LogP) is 0.930. The first-order valence-electron chi connectivity index (χ1n) is 6.80. The minimum atomic E-state index is -0.610. The van der Waals surface area contributed by atoms with Crippen molar-refractivity contribution < 1.29 is 14.5 Å². The zero-order chi connectivity index (χ0) is 15.0. The van der Waals surface area contributed by atoms with Gasteiger partial charge in [0.1, 0.15) is 11.3 Å². The molecule has 2 saturated heterocycles. The molecule has 0 spiro atoms. The van der Waals surface area contributed by atoms with Crippen LogP contribution in [-0.2, 0) is 4.74 Å². The van der Waals surface area contributed by atoms with Crippen LogP contribution < -0.4 is 16.6 Å². The molecular weight excluding hydrogens is 276 g/mol. The van der Waals surface area contributed by atoms with E-state index in [0.29, 0.717) is 0 Å². The van der Waals surface area contributed by atoms with E-state index in [2.05, 4.69) is 10.7 Å². The maximum atomic E-state index is 12.3. The molecule has 8 heteroatoms. The van der Waals surface area contributed by atoms with Gasteiger partial charge < -0.3 is 15.5 Å². The summed E-state index contributed by atoms with van der Waals surface area (Å²) in [6, 6.07) is 4.34. The second-order valence-electron chi connectivity index (χ2n) is 5.29. The van der Waals surface area contributed by atoms with Gasteiger partial charge in [-0.15, -0.1) is 0 Å². The average Bonchev–Trinajstić information content (AvgIpc) is 3.08. The zero-order valence-corrected chi connectivity index (χ0v) is 11.2. The summed E-state index contributed by atoms with van der Waals surface area (Å²) in [5.41, 5.74) is 2.04.